The third-order valence-corrected chi connectivity index (χ3v) is 3.19. The van der Waals surface area contributed by atoms with Gasteiger partial charge in [0.25, 0.3) is 5.91 Å². The van der Waals surface area contributed by atoms with E-state index in [-0.39, 0.29) is 11.9 Å². The maximum absolute atomic E-state index is 12.3. The second-order valence-corrected chi connectivity index (χ2v) is 4.47. The van der Waals surface area contributed by atoms with Gasteiger partial charge in [0.2, 0.25) is 0 Å². The van der Waals surface area contributed by atoms with Crippen molar-refractivity contribution in [1.29, 1.82) is 0 Å². The molecule has 0 saturated heterocycles. The van der Waals surface area contributed by atoms with Crippen molar-refractivity contribution < 1.29 is 9.21 Å². The Labute approximate surface area is 108 Å². The van der Waals surface area contributed by atoms with Gasteiger partial charge in [-0.1, -0.05) is 13.8 Å². The van der Waals surface area contributed by atoms with Crippen LogP contribution in [0.3, 0.4) is 0 Å². The highest BCUT2D eigenvalue weighted by Crippen LogP contribution is 2.17. The van der Waals surface area contributed by atoms with Gasteiger partial charge in [0.15, 0.2) is 5.76 Å². The minimum atomic E-state index is -0.0538. The Morgan fingerprint density at radius 3 is 2.53 bits per heavy atom. The van der Waals surface area contributed by atoms with Crippen LogP contribution in [0.5, 0.6) is 0 Å². The molecule has 0 atom stereocenters. The summed E-state index contributed by atoms with van der Waals surface area (Å²) >= 11 is 5.78. The molecule has 0 aromatic carbocycles. The van der Waals surface area contributed by atoms with Gasteiger partial charge in [-0.3, -0.25) is 4.79 Å². The summed E-state index contributed by atoms with van der Waals surface area (Å²) in [7, 11) is 0. The Morgan fingerprint density at radius 1 is 1.47 bits per heavy atom. The molecular formula is C13H20ClNO2. The lowest BCUT2D eigenvalue weighted by atomic mass is 10.1. The largest absolute Gasteiger partial charge is 0.459 e. The number of rotatable bonds is 6. The quantitative estimate of drug-likeness (QED) is 0.732. The molecule has 0 bridgehead atoms. The van der Waals surface area contributed by atoms with Crippen molar-refractivity contribution in [2.45, 2.75) is 39.7 Å². The zero-order valence-electron chi connectivity index (χ0n) is 10.7. The molecule has 0 saturated carbocycles. The third-order valence-electron chi connectivity index (χ3n) is 3.03. The van der Waals surface area contributed by atoms with E-state index in [1.165, 1.54) is 0 Å². The summed E-state index contributed by atoms with van der Waals surface area (Å²) in [5.41, 5.74) is 0.875. The molecule has 0 unspecified atom stereocenters. The van der Waals surface area contributed by atoms with Gasteiger partial charge in [-0.25, -0.2) is 0 Å². The normalized spacial score (nSPS) is 10.9. The molecule has 4 heteroatoms. The van der Waals surface area contributed by atoms with Gasteiger partial charge >= 0.3 is 0 Å². The van der Waals surface area contributed by atoms with E-state index in [1.807, 2.05) is 11.8 Å². The fourth-order valence-corrected chi connectivity index (χ4v) is 2.17. The van der Waals surface area contributed by atoms with Crippen LogP contribution in [0.2, 0.25) is 0 Å². The van der Waals surface area contributed by atoms with Crippen LogP contribution in [-0.2, 0) is 0 Å². The van der Waals surface area contributed by atoms with Crippen molar-refractivity contribution in [2.24, 2.45) is 0 Å². The molecule has 0 spiro atoms. The molecule has 0 aliphatic heterocycles. The Hall–Kier alpha value is -0.960. The standard InChI is InChI=1S/C13H20ClNO2/c1-4-11(5-2)15(8-7-14)13(16)12-10(3)6-9-17-12/h6,9,11H,4-5,7-8H2,1-3H3. The van der Waals surface area contributed by atoms with E-state index >= 15 is 0 Å². The lowest BCUT2D eigenvalue weighted by Gasteiger charge is -2.29. The summed E-state index contributed by atoms with van der Waals surface area (Å²) in [5.74, 6) is 0.825. The van der Waals surface area contributed by atoms with Crippen LogP contribution in [0.15, 0.2) is 16.7 Å². The zero-order valence-corrected chi connectivity index (χ0v) is 11.5. The van der Waals surface area contributed by atoms with Crippen LogP contribution in [0, 0.1) is 6.92 Å². The smallest absolute Gasteiger partial charge is 0.290 e. The molecule has 0 fully saturated rings. The predicted octanol–water partition coefficient (Wildman–Crippen LogP) is 3.46. The summed E-state index contributed by atoms with van der Waals surface area (Å²) in [6, 6.07) is 2.03. The molecule has 0 aliphatic rings. The molecule has 0 aliphatic carbocycles. The van der Waals surface area contributed by atoms with Gasteiger partial charge < -0.3 is 9.32 Å². The van der Waals surface area contributed by atoms with Crippen LogP contribution in [0.1, 0.15) is 42.8 Å². The Balaban J connectivity index is 2.91. The molecule has 96 valence electrons. The number of furan rings is 1. The Kier molecular flexibility index (Phi) is 5.56. The van der Waals surface area contributed by atoms with Crippen LogP contribution in [0.4, 0.5) is 0 Å². The van der Waals surface area contributed by atoms with Crippen molar-refractivity contribution in [3.63, 3.8) is 0 Å². The molecule has 1 aromatic heterocycles. The molecule has 1 heterocycles. The van der Waals surface area contributed by atoms with Crippen molar-refractivity contribution in [3.05, 3.63) is 23.7 Å². The van der Waals surface area contributed by atoms with E-state index in [0.717, 1.165) is 18.4 Å². The number of carbonyl (C=O) groups excluding carboxylic acids is 1. The maximum atomic E-state index is 12.3. The average Bonchev–Trinajstić information content (AvgIpc) is 2.75. The lowest BCUT2D eigenvalue weighted by molar-refractivity contribution is 0.0648. The molecule has 1 rings (SSSR count). The molecule has 1 aromatic rings. The highest BCUT2D eigenvalue weighted by molar-refractivity contribution is 6.18. The van der Waals surface area contributed by atoms with Crippen molar-refractivity contribution >= 4 is 17.5 Å². The van der Waals surface area contributed by atoms with Crippen LogP contribution < -0.4 is 0 Å². The van der Waals surface area contributed by atoms with Gasteiger partial charge in [0.05, 0.1) is 6.26 Å². The fraction of sp³-hybridized carbons (Fsp3) is 0.615. The molecule has 0 N–H and O–H groups in total. The number of nitrogens with zero attached hydrogens (tertiary/aromatic N) is 1. The summed E-state index contributed by atoms with van der Waals surface area (Å²) < 4.78 is 5.26. The van der Waals surface area contributed by atoms with Crippen LogP contribution >= 0.6 is 11.6 Å². The first-order valence-electron chi connectivity index (χ1n) is 6.06. The van der Waals surface area contributed by atoms with Gasteiger partial charge in [-0.2, -0.15) is 0 Å². The van der Waals surface area contributed by atoms with E-state index in [4.69, 9.17) is 16.0 Å². The van der Waals surface area contributed by atoms with E-state index in [1.54, 1.807) is 12.3 Å². The highest BCUT2D eigenvalue weighted by atomic mass is 35.5. The van der Waals surface area contributed by atoms with Crippen LogP contribution in [0.25, 0.3) is 0 Å². The first-order valence-corrected chi connectivity index (χ1v) is 6.60. The number of amides is 1. The molecular weight excluding hydrogens is 238 g/mol. The minimum absolute atomic E-state index is 0.0538. The maximum Gasteiger partial charge on any atom is 0.290 e. The van der Waals surface area contributed by atoms with Crippen molar-refractivity contribution in [2.75, 3.05) is 12.4 Å². The Bertz CT molecular complexity index is 358. The number of carbonyl (C=O) groups is 1. The van der Waals surface area contributed by atoms with E-state index < -0.39 is 0 Å². The van der Waals surface area contributed by atoms with Gasteiger partial charge in [-0.05, 0) is 25.8 Å². The lowest BCUT2D eigenvalue weighted by Crippen LogP contribution is -2.41. The summed E-state index contributed by atoms with van der Waals surface area (Å²) in [6.07, 6.45) is 3.41. The fourth-order valence-electron chi connectivity index (χ4n) is 1.99. The molecule has 0 radical (unpaired) electrons. The van der Waals surface area contributed by atoms with E-state index in [9.17, 15) is 4.79 Å². The summed E-state index contributed by atoms with van der Waals surface area (Å²) in [4.78, 5) is 14.2. The van der Waals surface area contributed by atoms with Crippen molar-refractivity contribution in [1.82, 2.24) is 4.90 Å². The summed E-state index contributed by atoms with van der Waals surface area (Å²) in [6.45, 7) is 6.60. The number of aryl methyl sites for hydroxylation is 1. The predicted molar refractivity (Wildman–Crippen MR) is 69.6 cm³/mol. The second-order valence-electron chi connectivity index (χ2n) is 4.09. The SMILES string of the molecule is CCC(CC)N(CCCl)C(=O)c1occc1C. The first-order chi connectivity index (χ1) is 8.15. The highest BCUT2D eigenvalue weighted by Gasteiger charge is 2.25. The van der Waals surface area contributed by atoms with Gasteiger partial charge in [-0.15, -0.1) is 11.6 Å². The van der Waals surface area contributed by atoms with Crippen molar-refractivity contribution in [3.8, 4) is 0 Å². The second kappa shape index (κ2) is 6.70. The minimum Gasteiger partial charge on any atom is -0.459 e. The monoisotopic (exact) mass is 257 g/mol. The van der Waals surface area contributed by atoms with E-state index in [2.05, 4.69) is 13.8 Å². The van der Waals surface area contributed by atoms with Gasteiger partial charge in [0, 0.05) is 24.0 Å². The molecule has 17 heavy (non-hydrogen) atoms. The van der Waals surface area contributed by atoms with Crippen LogP contribution in [-0.4, -0.2) is 29.3 Å². The topological polar surface area (TPSA) is 33.5 Å². The number of halogens is 1. The molecule has 3 nitrogen and oxygen atoms in total. The first kappa shape index (κ1) is 14.1. The number of alkyl halides is 1. The third kappa shape index (κ3) is 3.25. The van der Waals surface area contributed by atoms with E-state index in [0.29, 0.717) is 18.2 Å². The number of hydrogen-bond acceptors (Lipinski definition) is 2. The molecule has 1 amide bonds. The number of hydrogen-bond donors (Lipinski definition) is 0. The Morgan fingerprint density at radius 2 is 2.12 bits per heavy atom. The summed E-state index contributed by atoms with van der Waals surface area (Å²) in [5, 5.41) is 0. The average molecular weight is 258 g/mol. The van der Waals surface area contributed by atoms with Gasteiger partial charge in [0.1, 0.15) is 0 Å². The zero-order chi connectivity index (χ0) is 12.8.